The van der Waals surface area contributed by atoms with E-state index in [1.807, 2.05) is 25.1 Å². The van der Waals surface area contributed by atoms with Crippen LogP contribution in [0.1, 0.15) is 38.2 Å². The van der Waals surface area contributed by atoms with Crippen molar-refractivity contribution in [3.8, 4) is 0 Å². The third-order valence-corrected chi connectivity index (χ3v) is 3.30. The van der Waals surface area contributed by atoms with Crippen LogP contribution in [0, 0.1) is 0 Å². The van der Waals surface area contributed by atoms with Crippen molar-refractivity contribution in [3.63, 3.8) is 0 Å². The molecule has 1 unspecified atom stereocenters. The van der Waals surface area contributed by atoms with Gasteiger partial charge in [-0.2, -0.15) is 13.2 Å². The number of rotatable bonds is 8. The minimum absolute atomic E-state index is 0.0655. The molecule has 1 aromatic carbocycles. The second kappa shape index (κ2) is 8.53. The topological polar surface area (TPSA) is 12.0 Å². The summed E-state index contributed by atoms with van der Waals surface area (Å²) in [6.07, 6.45) is -2.43. The lowest BCUT2D eigenvalue weighted by Crippen LogP contribution is -2.32. The van der Waals surface area contributed by atoms with E-state index in [4.69, 9.17) is 11.6 Å². The van der Waals surface area contributed by atoms with Gasteiger partial charge < -0.3 is 5.32 Å². The van der Waals surface area contributed by atoms with Crippen molar-refractivity contribution in [2.45, 2.75) is 51.2 Å². The van der Waals surface area contributed by atoms with Gasteiger partial charge in [0.05, 0.1) is 0 Å². The standard InChI is InChI=1S/C15H21ClF3N/c1-2-9-20-14(7-4-8-15(17,18)19)11-12-5-3-6-13(16)10-12/h3,5-6,10,14,20H,2,4,7-9,11H2,1H3. The number of hydrogen-bond acceptors (Lipinski definition) is 1. The Labute approximate surface area is 123 Å². The second-order valence-electron chi connectivity index (χ2n) is 4.99. The predicted octanol–water partition coefficient (Wildman–Crippen LogP) is 4.98. The number of nitrogens with one attached hydrogen (secondary N) is 1. The van der Waals surface area contributed by atoms with Crippen LogP contribution in [0.5, 0.6) is 0 Å². The normalized spacial score (nSPS) is 13.4. The molecule has 0 saturated heterocycles. The van der Waals surface area contributed by atoms with Crippen molar-refractivity contribution in [1.29, 1.82) is 0 Å². The van der Waals surface area contributed by atoms with Crippen LogP contribution in [-0.4, -0.2) is 18.8 Å². The minimum Gasteiger partial charge on any atom is -0.314 e. The average Bonchev–Trinajstić information content (AvgIpc) is 2.34. The molecule has 0 spiro atoms. The summed E-state index contributed by atoms with van der Waals surface area (Å²) in [5.74, 6) is 0. The smallest absolute Gasteiger partial charge is 0.314 e. The molecule has 0 bridgehead atoms. The Balaban J connectivity index is 2.50. The van der Waals surface area contributed by atoms with Crippen LogP contribution in [-0.2, 0) is 6.42 Å². The zero-order valence-corrected chi connectivity index (χ0v) is 12.4. The van der Waals surface area contributed by atoms with Gasteiger partial charge in [0, 0.05) is 17.5 Å². The van der Waals surface area contributed by atoms with Gasteiger partial charge in [-0.1, -0.05) is 30.7 Å². The maximum absolute atomic E-state index is 12.2. The first-order chi connectivity index (χ1) is 9.40. The largest absolute Gasteiger partial charge is 0.389 e. The fraction of sp³-hybridized carbons (Fsp3) is 0.600. The van der Waals surface area contributed by atoms with Gasteiger partial charge in [0.25, 0.3) is 0 Å². The van der Waals surface area contributed by atoms with E-state index in [1.165, 1.54) is 0 Å². The van der Waals surface area contributed by atoms with Crippen LogP contribution >= 0.6 is 11.6 Å². The summed E-state index contributed by atoms with van der Waals surface area (Å²) in [5.41, 5.74) is 1.05. The molecule has 0 aliphatic rings. The molecule has 0 amide bonds. The average molecular weight is 308 g/mol. The van der Waals surface area contributed by atoms with Crippen LogP contribution in [0.2, 0.25) is 5.02 Å². The number of benzene rings is 1. The molecule has 1 aromatic rings. The highest BCUT2D eigenvalue weighted by Crippen LogP contribution is 2.23. The molecule has 0 heterocycles. The van der Waals surface area contributed by atoms with E-state index in [1.54, 1.807) is 6.07 Å². The highest BCUT2D eigenvalue weighted by Gasteiger charge is 2.26. The van der Waals surface area contributed by atoms with Gasteiger partial charge in [0.1, 0.15) is 0 Å². The van der Waals surface area contributed by atoms with Crippen LogP contribution in [0.15, 0.2) is 24.3 Å². The first-order valence-corrected chi connectivity index (χ1v) is 7.33. The Morgan fingerprint density at radius 2 is 2.05 bits per heavy atom. The van der Waals surface area contributed by atoms with E-state index < -0.39 is 12.6 Å². The fourth-order valence-corrected chi connectivity index (χ4v) is 2.34. The number of halogens is 4. The summed E-state index contributed by atoms with van der Waals surface area (Å²) in [4.78, 5) is 0. The first kappa shape index (κ1) is 17.3. The Morgan fingerprint density at radius 1 is 1.30 bits per heavy atom. The van der Waals surface area contributed by atoms with Gasteiger partial charge in [-0.3, -0.25) is 0 Å². The van der Waals surface area contributed by atoms with Crippen LogP contribution in [0.4, 0.5) is 13.2 Å². The van der Waals surface area contributed by atoms with Gasteiger partial charge in [-0.25, -0.2) is 0 Å². The third-order valence-electron chi connectivity index (χ3n) is 3.07. The van der Waals surface area contributed by atoms with Crippen LogP contribution in [0.3, 0.4) is 0 Å². The molecular formula is C15H21ClF3N. The predicted molar refractivity (Wildman–Crippen MR) is 77.1 cm³/mol. The monoisotopic (exact) mass is 307 g/mol. The van der Waals surface area contributed by atoms with Crippen molar-refractivity contribution in [2.75, 3.05) is 6.54 Å². The molecule has 0 aromatic heterocycles. The molecule has 1 rings (SSSR count). The second-order valence-corrected chi connectivity index (χ2v) is 5.43. The molecule has 20 heavy (non-hydrogen) atoms. The van der Waals surface area contributed by atoms with Crippen molar-refractivity contribution in [2.24, 2.45) is 0 Å². The summed E-state index contributed by atoms with van der Waals surface area (Å²) >= 11 is 5.93. The molecule has 0 radical (unpaired) electrons. The molecular weight excluding hydrogens is 287 g/mol. The molecule has 0 saturated carbocycles. The highest BCUT2D eigenvalue weighted by atomic mass is 35.5. The summed E-state index contributed by atoms with van der Waals surface area (Å²) in [7, 11) is 0. The van der Waals surface area contributed by atoms with Gasteiger partial charge in [-0.15, -0.1) is 0 Å². The van der Waals surface area contributed by atoms with Crippen LogP contribution < -0.4 is 5.32 Å². The van der Waals surface area contributed by atoms with Gasteiger partial charge >= 0.3 is 6.18 Å². The van der Waals surface area contributed by atoms with Gasteiger partial charge in [0.2, 0.25) is 0 Å². The van der Waals surface area contributed by atoms with E-state index >= 15 is 0 Å². The van der Waals surface area contributed by atoms with Crippen molar-refractivity contribution >= 4 is 11.6 Å². The molecule has 1 N–H and O–H groups in total. The van der Waals surface area contributed by atoms with Crippen molar-refractivity contribution < 1.29 is 13.2 Å². The molecule has 5 heteroatoms. The Kier molecular flexibility index (Phi) is 7.38. The Hall–Kier alpha value is -0.740. The lowest BCUT2D eigenvalue weighted by Gasteiger charge is -2.19. The first-order valence-electron chi connectivity index (χ1n) is 6.95. The lowest BCUT2D eigenvalue weighted by molar-refractivity contribution is -0.135. The third kappa shape index (κ3) is 7.75. The molecule has 0 aliphatic heterocycles. The minimum atomic E-state index is -4.06. The quantitative estimate of drug-likeness (QED) is 0.714. The van der Waals surface area contributed by atoms with E-state index in [-0.39, 0.29) is 12.5 Å². The SMILES string of the molecule is CCCNC(CCCC(F)(F)F)Cc1cccc(Cl)c1. The van der Waals surface area contributed by atoms with Crippen molar-refractivity contribution in [1.82, 2.24) is 5.32 Å². The van der Waals surface area contributed by atoms with E-state index in [9.17, 15) is 13.2 Å². The summed E-state index contributed by atoms with van der Waals surface area (Å²) < 4.78 is 36.6. The fourth-order valence-electron chi connectivity index (χ4n) is 2.12. The van der Waals surface area contributed by atoms with E-state index in [0.29, 0.717) is 17.9 Å². The number of hydrogen-bond donors (Lipinski definition) is 1. The van der Waals surface area contributed by atoms with E-state index in [2.05, 4.69) is 5.32 Å². The zero-order valence-electron chi connectivity index (χ0n) is 11.6. The lowest BCUT2D eigenvalue weighted by atomic mass is 10.0. The Morgan fingerprint density at radius 3 is 2.65 bits per heavy atom. The van der Waals surface area contributed by atoms with Gasteiger partial charge in [-0.05, 0) is 49.9 Å². The highest BCUT2D eigenvalue weighted by molar-refractivity contribution is 6.30. The maximum Gasteiger partial charge on any atom is 0.389 e. The van der Waals surface area contributed by atoms with Gasteiger partial charge in [0.15, 0.2) is 0 Å². The molecule has 1 atom stereocenters. The molecule has 0 aliphatic carbocycles. The number of alkyl halides is 3. The zero-order chi connectivity index (χ0) is 15.0. The Bertz CT molecular complexity index is 393. The molecule has 1 nitrogen and oxygen atoms in total. The van der Waals surface area contributed by atoms with Crippen molar-refractivity contribution in [3.05, 3.63) is 34.9 Å². The molecule has 114 valence electrons. The summed E-state index contributed by atoms with van der Waals surface area (Å²) in [5, 5.41) is 3.97. The summed E-state index contributed by atoms with van der Waals surface area (Å²) in [6, 6.07) is 7.55. The summed E-state index contributed by atoms with van der Waals surface area (Å²) in [6.45, 7) is 2.86. The van der Waals surface area contributed by atoms with E-state index in [0.717, 1.165) is 18.5 Å². The van der Waals surface area contributed by atoms with Crippen LogP contribution in [0.25, 0.3) is 0 Å². The molecule has 0 fully saturated rings. The maximum atomic E-state index is 12.2.